The summed E-state index contributed by atoms with van der Waals surface area (Å²) in [5.74, 6) is 0.715. The lowest BCUT2D eigenvalue weighted by atomic mass is 10.2. The van der Waals surface area contributed by atoms with Crippen LogP contribution in [0.1, 0.15) is 38.1 Å². The molecule has 1 amide bonds. The Hall–Kier alpha value is -2.04. The van der Waals surface area contributed by atoms with Crippen molar-refractivity contribution in [2.24, 2.45) is 0 Å². The van der Waals surface area contributed by atoms with Crippen LogP contribution in [0.15, 0.2) is 18.2 Å². The Balaban J connectivity index is 2.85. The molecule has 0 aliphatic heterocycles. The number of benzene rings is 1. The maximum absolute atomic E-state index is 11.8. The van der Waals surface area contributed by atoms with Gasteiger partial charge in [-0.25, -0.2) is 0 Å². The minimum absolute atomic E-state index is 0.0531. The Morgan fingerprint density at radius 3 is 2.55 bits per heavy atom. The van der Waals surface area contributed by atoms with E-state index in [-0.39, 0.29) is 11.9 Å². The van der Waals surface area contributed by atoms with Crippen molar-refractivity contribution in [2.75, 3.05) is 6.61 Å². The van der Waals surface area contributed by atoms with Crippen molar-refractivity contribution in [1.82, 2.24) is 5.32 Å². The number of nitrogens with one attached hydrogen (secondary N) is 1. The number of rotatable bonds is 7. The third kappa shape index (κ3) is 4.57. The molecule has 1 atom stereocenters. The van der Waals surface area contributed by atoms with E-state index in [1.165, 1.54) is 0 Å². The molecule has 1 rings (SSSR count). The van der Waals surface area contributed by atoms with Gasteiger partial charge in [-0.2, -0.15) is 0 Å². The third-order valence-corrected chi connectivity index (χ3v) is 2.51. The summed E-state index contributed by atoms with van der Waals surface area (Å²) >= 11 is 0. The van der Waals surface area contributed by atoms with Crippen LogP contribution >= 0.6 is 0 Å². The van der Waals surface area contributed by atoms with Gasteiger partial charge in [-0.1, -0.05) is 0 Å². The van der Waals surface area contributed by atoms with Crippen molar-refractivity contribution in [3.63, 3.8) is 0 Å². The van der Waals surface area contributed by atoms with Gasteiger partial charge < -0.3 is 14.8 Å². The first-order chi connectivity index (χ1) is 9.47. The predicted octanol–water partition coefficient (Wildman–Crippen LogP) is 2.19. The number of ether oxygens (including phenoxy) is 2. The molecule has 0 spiro atoms. The lowest BCUT2D eigenvalue weighted by molar-refractivity contribution is -0.127. The van der Waals surface area contributed by atoms with Crippen LogP contribution in [0, 0.1) is 0 Å². The second-order valence-corrected chi connectivity index (χ2v) is 4.68. The summed E-state index contributed by atoms with van der Waals surface area (Å²) in [7, 11) is 0. The fourth-order valence-electron chi connectivity index (χ4n) is 1.61. The van der Waals surface area contributed by atoms with Gasteiger partial charge in [-0.3, -0.25) is 9.59 Å². The molecule has 0 radical (unpaired) electrons. The quantitative estimate of drug-likeness (QED) is 0.777. The van der Waals surface area contributed by atoms with Crippen molar-refractivity contribution in [1.29, 1.82) is 0 Å². The van der Waals surface area contributed by atoms with E-state index in [1.54, 1.807) is 25.1 Å². The molecule has 0 aliphatic carbocycles. The molecule has 0 aromatic heterocycles. The van der Waals surface area contributed by atoms with Crippen molar-refractivity contribution in [3.8, 4) is 11.5 Å². The van der Waals surface area contributed by atoms with Crippen LogP contribution in [-0.2, 0) is 4.79 Å². The Morgan fingerprint density at radius 2 is 2.00 bits per heavy atom. The first-order valence-electron chi connectivity index (χ1n) is 6.67. The van der Waals surface area contributed by atoms with Gasteiger partial charge in [0.2, 0.25) is 0 Å². The average Bonchev–Trinajstić information content (AvgIpc) is 2.40. The van der Waals surface area contributed by atoms with Crippen LogP contribution in [0.2, 0.25) is 0 Å². The molecule has 1 N–H and O–H groups in total. The largest absolute Gasteiger partial charge is 0.490 e. The van der Waals surface area contributed by atoms with Crippen LogP contribution < -0.4 is 14.8 Å². The molecule has 0 bridgehead atoms. The summed E-state index contributed by atoms with van der Waals surface area (Å²) in [5.41, 5.74) is 0.500. The highest BCUT2D eigenvalue weighted by Gasteiger charge is 2.17. The highest BCUT2D eigenvalue weighted by Crippen LogP contribution is 2.29. The topological polar surface area (TPSA) is 64.6 Å². The number of carbonyl (C=O) groups is 2. The third-order valence-electron chi connectivity index (χ3n) is 2.51. The monoisotopic (exact) mass is 279 g/mol. The standard InChI is InChI=1S/C15H21NO4/c1-5-19-14-8-12(9-17)6-7-13(14)20-11(4)15(18)16-10(2)3/h6-11H,5H2,1-4H3,(H,16,18). The van der Waals surface area contributed by atoms with Gasteiger partial charge in [-0.15, -0.1) is 0 Å². The maximum atomic E-state index is 11.8. The van der Waals surface area contributed by atoms with Crippen molar-refractivity contribution < 1.29 is 19.1 Å². The predicted molar refractivity (Wildman–Crippen MR) is 76.4 cm³/mol. The van der Waals surface area contributed by atoms with Gasteiger partial charge >= 0.3 is 0 Å². The van der Waals surface area contributed by atoms with Gasteiger partial charge in [0.15, 0.2) is 17.6 Å². The highest BCUT2D eigenvalue weighted by atomic mass is 16.5. The molecule has 5 nitrogen and oxygen atoms in total. The number of aldehydes is 1. The van der Waals surface area contributed by atoms with E-state index in [9.17, 15) is 9.59 Å². The Bertz CT molecular complexity index is 471. The summed E-state index contributed by atoms with van der Waals surface area (Å²) in [6.07, 6.45) is 0.0972. The van der Waals surface area contributed by atoms with Crippen LogP contribution in [0.5, 0.6) is 11.5 Å². The molecule has 20 heavy (non-hydrogen) atoms. The highest BCUT2D eigenvalue weighted by molar-refractivity contribution is 5.81. The number of hydrogen-bond acceptors (Lipinski definition) is 4. The second kappa shape index (κ2) is 7.53. The Labute approximate surface area is 119 Å². The van der Waals surface area contributed by atoms with E-state index >= 15 is 0 Å². The molecule has 110 valence electrons. The smallest absolute Gasteiger partial charge is 0.260 e. The Morgan fingerprint density at radius 1 is 1.30 bits per heavy atom. The zero-order valence-corrected chi connectivity index (χ0v) is 12.3. The van der Waals surface area contributed by atoms with E-state index in [2.05, 4.69) is 5.32 Å². The van der Waals surface area contributed by atoms with Crippen LogP contribution in [-0.4, -0.2) is 30.9 Å². The SMILES string of the molecule is CCOc1cc(C=O)ccc1OC(C)C(=O)NC(C)C. The minimum atomic E-state index is -0.640. The average molecular weight is 279 g/mol. The normalized spacial score (nSPS) is 11.8. The summed E-state index contributed by atoms with van der Waals surface area (Å²) in [5, 5.41) is 2.78. The lowest BCUT2D eigenvalue weighted by Gasteiger charge is -2.18. The van der Waals surface area contributed by atoms with Crippen molar-refractivity contribution in [2.45, 2.75) is 39.8 Å². The molecular weight excluding hydrogens is 258 g/mol. The first-order valence-corrected chi connectivity index (χ1v) is 6.67. The number of amides is 1. The first kappa shape index (κ1) is 16.0. The fourth-order valence-corrected chi connectivity index (χ4v) is 1.61. The summed E-state index contributed by atoms with van der Waals surface area (Å²) < 4.78 is 11.0. The van der Waals surface area contributed by atoms with Crippen LogP contribution in [0.3, 0.4) is 0 Å². The van der Waals surface area contributed by atoms with E-state index in [0.29, 0.717) is 23.7 Å². The Kier molecular flexibility index (Phi) is 6.03. The van der Waals surface area contributed by atoms with Gasteiger partial charge in [0, 0.05) is 11.6 Å². The van der Waals surface area contributed by atoms with E-state index in [0.717, 1.165) is 6.29 Å². The van der Waals surface area contributed by atoms with Gasteiger partial charge in [0.25, 0.3) is 5.91 Å². The molecule has 1 unspecified atom stereocenters. The number of carbonyl (C=O) groups excluding carboxylic acids is 2. The molecule has 0 saturated carbocycles. The van der Waals surface area contributed by atoms with E-state index in [4.69, 9.17) is 9.47 Å². The molecular formula is C15H21NO4. The van der Waals surface area contributed by atoms with Gasteiger partial charge in [0.1, 0.15) is 6.29 Å². The van der Waals surface area contributed by atoms with Crippen molar-refractivity contribution >= 4 is 12.2 Å². The van der Waals surface area contributed by atoms with E-state index < -0.39 is 6.10 Å². The van der Waals surface area contributed by atoms with Gasteiger partial charge in [0.05, 0.1) is 6.61 Å². The second-order valence-electron chi connectivity index (χ2n) is 4.68. The van der Waals surface area contributed by atoms with Crippen molar-refractivity contribution in [3.05, 3.63) is 23.8 Å². The van der Waals surface area contributed by atoms with E-state index in [1.807, 2.05) is 20.8 Å². The molecule has 0 heterocycles. The molecule has 1 aromatic rings. The molecule has 5 heteroatoms. The molecule has 0 fully saturated rings. The zero-order chi connectivity index (χ0) is 15.1. The van der Waals surface area contributed by atoms with Gasteiger partial charge in [-0.05, 0) is 45.9 Å². The summed E-state index contributed by atoms with van der Waals surface area (Å²) in [6, 6.07) is 4.90. The molecule has 0 aliphatic rings. The number of hydrogen-bond donors (Lipinski definition) is 1. The minimum Gasteiger partial charge on any atom is -0.490 e. The molecule has 0 saturated heterocycles. The lowest BCUT2D eigenvalue weighted by Crippen LogP contribution is -2.40. The van der Waals surface area contributed by atoms with Crippen LogP contribution in [0.4, 0.5) is 0 Å². The maximum Gasteiger partial charge on any atom is 0.260 e. The summed E-state index contributed by atoms with van der Waals surface area (Å²) in [6.45, 7) is 7.73. The zero-order valence-electron chi connectivity index (χ0n) is 12.3. The molecule has 1 aromatic carbocycles. The summed E-state index contributed by atoms with van der Waals surface area (Å²) in [4.78, 5) is 22.6. The van der Waals surface area contributed by atoms with Crippen LogP contribution in [0.25, 0.3) is 0 Å². The fraction of sp³-hybridized carbons (Fsp3) is 0.467.